The first-order chi connectivity index (χ1) is 25.2. The van der Waals surface area contributed by atoms with Crippen molar-refractivity contribution in [2.24, 2.45) is 0 Å². The molecule has 0 bridgehead atoms. The number of nitrogens with zero attached hydrogens (tertiary/aromatic N) is 3. The van der Waals surface area contributed by atoms with E-state index in [4.69, 9.17) is 0 Å². The van der Waals surface area contributed by atoms with Gasteiger partial charge in [0.25, 0.3) is 0 Å². The summed E-state index contributed by atoms with van der Waals surface area (Å²) in [5, 5.41) is 30.4. The van der Waals surface area contributed by atoms with Gasteiger partial charge in [-0.15, -0.1) is 0 Å². The van der Waals surface area contributed by atoms with Crippen LogP contribution >= 0.6 is 0 Å². The van der Waals surface area contributed by atoms with Crippen LogP contribution in [0.1, 0.15) is 143 Å². The second kappa shape index (κ2) is 12.3. The summed E-state index contributed by atoms with van der Waals surface area (Å²) in [6.07, 6.45) is 1.52. The predicted octanol–water partition coefficient (Wildman–Crippen LogP) is 12.3. The van der Waals surface area contributed by atoms with Crippen molar-refractivity contribution in [2.45, 2.75) is 116 Å². The SMILES string of the molecule is CC(C)(C)c1ccc2c(c1)C(C)(Cc1cc(C(C)(C)Cc3ccc(C(C)(C)C)c(C#N)c3)cc3c1-c1ccc(C#N)cc1C3(C)C)c1cccc(C#N)c1-2. The van der Waals surface area contributed by atoms with Crippen LogP contribution in [0, 0.1) is 34.0 Å². The van der Waals surface area contributed by atoms with Crippen LogP contribution in [0.5, 0.6) is 0 Å². The van der Waals surface area contributed by atoms with E-state index >= 15 is 0 Å². The van der Waals surface area contributed by atoms with Crippen molar-refractivity contribution in [3.8, 4) is 40.5 Å². The van der Waals surface area contributed by atoms with Crippen LogP contribution in [0.4, 0.5) is 0 Å². The molecule has 2 aliphatic carbocycles. The smallest absolute Gasteiger partial charge is 0.0998 e. The molecule has 0 saturated heterocycles. The van der Waals surface area contributed by atoms with Crippen LogP contribution < -0.4 is 0 Å². The Labute approximate surface area is 322 Å². The molecule has 1 unspecified atom stereocenters. The van der Waals surface area contributed by atoms with Crippen molar-refractivity contribution in [1.82, 2.24) is 0 Å². The van der Waals surface area contributed by atoms with E-state index in [1.165, 1.54) is 50.1 Å². The van der Waals surface area contributed by atoms with Gasteiger partial charge in [0.2, 0.25) is 0 Å². The fraction of sp³-hybridized carbons (Fsp3) is 0.353. The van der Waals surface area contributed by atoms with Crippen LogP contribution in [-0.2, 0) is 39.9 Å². The Kier molecular flexibility index (Phi) is 8.41. The molecule has 3 nitrogen and oxygen atoms in total. The Hall–Kier alpha value is -5.43. The molecule has 0 fully saturated rings. The molecule has 0 aliphatic heterocycles. The fourth-order valence-corrected chi connectivity index (χ4v) is 9.39. The lowest BCUT2D eigenvalue weighted by Gasteiger charge is -2.33. The average molecular weight is 706 g/mol. The summed E-state index contributed by atoms with van der Waals surface area (Å²) in [4.78, 5) is 0. The average Bonchev–Trinajstić information content (AvgIpc) is 3.50. The first-order valence-electron chi connectivity index (χ1n) is 19.2. The van der Waals surface area contributed by atoms with Gasteiger partial charge in [-0.2, -0.15) is 15.8 Å². The van der Waals surface area contributed by atoms with Gasteiger partial charge in [0, 0.05) is 16.4 Å². The first-order valence-corrected chi connectivity index (χ1v) is 19.2. The highest BCUT2D eigenvalue weighted by molar-refractivity contribution is 5.88. The number of nitriles is 3. The zero-order chi connectivity index (χ0) is 39.2. The lowest BCUT2D eigenvalue weighted by Crippen LogP contribution is -2.27. The molecule has 7 rings (SSSR count). The van der Waals surface area contributed by atoms with Crippen LogP contribution in [0.25, 0.3) is 22.3 Å². The Balaban J connectivity index is 1.45. The van der Waals surface area contributed by atoms with E-state index in [1.54, 1.807) is 0 Å². The van der Waals surface area contributed by atoms with Crippen LogP contribution in [0.2, 0.25) is 0 Å². The topological polar surface area (TPSA) is 71.4 Å². The summed E-state index contributed by atoms with van der Waals surface area (Å²) in [7, 11) is 0. The molecule has 0 radical (unpaired) electrons. The van der Waals surface area contributed by atoms with Crippen molar-refractivity contribution < 1.29 is 0 Å². The molecular formula is C51H51N3. The van der Waals surface area contributed by atoms with Crippen LogP contribution in [-0.4, -0.2) is 0 Å². The standard InChI is InChI=1S/C51H51N3/c1-47(2,3)36-17-19-39-43(24-36)51(11,41-14-12-13-33(29-53)45(39)41)27-34-23-37(25-44-46(34)38-18-15-32(28-52)22-42(38)50(44,9)10)49(7,8)26-31-16-20-40(48(4,5)6)35(21-31)30-54/h12-25H,26-27H2,1-11H3. The molecule has 54 heavy (non-hydrogen) atoms. The van der Waals surface area contributed by atoms with Crippen molar-refractivity contribution in [3.63, 3.8) is 0 Å². The number of benzene rings is 5. The molecule has 3 heteroatoms. The molecule has 5 aromatic rings. The van der Waals surface area contributed by atoms with Gasteiger partial charge in [-0.1, -0.05) is 137 Å². The summed E-state index contributed by atoms with van der Waals surface area (Å²) in [5.74, 6) is 0. The minimum Gasteiger partial charge on any atom is -0.192 e. The van der Waals surface area contributed by atoms with E-state index in [-0.39, 0.29) is 21.7 Å². The monoisotopic (exact) mass is 705 g/mol. The molecule has 270 valence electrons. The summed E-state index contributed by atoms with van der Waals surface area (Å²) >= 11 is 0. The van der Waals surface area contributed by atoms with Crippen molar-refractivity contribution in [3.05, 3.63) is 152 Å². The second-order valence-corrected chi connectivity index (χ2v) is 19.2. The van der Waals surface area contributed by atoms with E-state index in [0.29, 0.717) is 11.1 Å². The van der Waals surface area contributed by atoms with E-state index in [9.17, 15) is 15.8 Å². The van der Waals surface area contributed by atoms with E-state index < -0.39 is 5.41 Å². The number of hydrogen-bond donors (Lipinski definition) is 0. The first kappa shape index (κ1) is 36.9. The third-order valence-electron chi connectivity index (χ3n) is 12.5. The summed E-state index contributed by atoms with van der Waals surface area (Å²) in [5.41, 5.74) is 16.6. The zero-order valence-electron chi connectivity index (χ0n) is 33.8. The van der Waals surface area contributed by atoms with Crippen LogP contribution in [0.15, 0.2) is 84.9 Å². The maximum atomic E-state index is 10.4. The molecule has 5 aromatic carbocycles. The molecule has 1 atom stereocenters. The maximum Gasteiger partial charge on any atom is 0.0998 e. The normalized spacial score (nSPS) is 16.7. The maximum absolute atomic E-state index is 10.4. The predicted molar refractivity (Wildman–Crippen MR) is 221 cm³/mol. The molecule has 0 saturated carbocycles. The van der Waals surface area contributed by atoms with Gasteiger partial charge in [-0.25, -0.2) is 0 Å². The minimum absolute atomic E-state index is 0.0358. The Morgan fingerprint density at radius 2 is 1.22 bits per heavy atom. The van der Waals surface area contributed by atoms with Gasteiger partial charge in [0.05, 0.1) is 34.9 Å². The molecule has 0 aromatic heterocycles. The van der Waals surface area contributed by atoms with Gasteiger partial charge in [0.1, 0.15) is 0 Å². The summed E-state index contributed by atoms with van der Waals surface area (Å²) in [6.45, 7) is 24.9. The number of rotatable bonds is 5. The van der Waals surface area contributed by atoms with E-state index in [1.807, 2.05) is 18.2 Å². The zero-order valence-corrected chi connectivity index (χ0v) is 33.8. The molecule has 0 amide bonds. The van der Waals surface area contributed by atoms with Gasteiger partial charge in [-0.3, -0.25) is 0 Å². The largest absolute Gasteiger partial charge is 0.192 e. The highest BCUT2D eigenvalue weighted by Gasteiger charge is 2.44. The highest BCUT2D eigenvalue weighted by atomic mass is 14.5. The van der Waals surface area contributed by atoms with E-state index in [2.05, 4.69) is 161 Å². The van der Waals surface area contributed by atoms with Crippen molar-refractivity contribution >= 4 is 0 Å². The molecule has 0 spiro atoms. The quantitative estimate of drug-likeness (QED) is 0.183. The Morgan fingerprint density at radius 1 is 0.556 bits per heavy atom. The Morgan fingerprint density at radius 3 is 1.87 bits per heavy atom. The molecule has 2 aliphatic rings. The third kappa shape index (κ3) is 5.76. The summed E-state index contributed by atoms with van der Waals surface area (Å²) < 4.78 is 0. The fourth-order valence-electron chi connectivity index (χ4n) is 9.39. The minimum atomic E-state index is -0.403. The van der Waals surface area contributed by atoms with Gasteiger partial charge in [0.15, 0.2) is 0 Å². The molecular weight excluding hydrogens is 655 g/mol. The lowest BCUT2D eigenvalue weighted by molar-refractivity contribution is 0.516. The van der Waals surface area contributed by atoms with Crippen molar-refractivity contribution in [1.29, 1.82) is 15.8 Å². The molecule has 0 heterocycles. The van der Waals surface area contributed by atoms with Crippen molar-refractivity contribution in [2.75, 3.05) is 0 Å². The van der Waals surface area contributed by atoms with Gasteiger partial charge >= 0.3 is 0 Å². The van der Waals surface area contributed by atoms with Gasteiger partial charge < -0.3 is 0 Å². The lowest BCUT2D eigenvalue weighted by atomic mass is 9.70. The van der Waals surface area contributed by atoms with E-state index in [0.717, 1.165) is 40.7 Å². The van der Waals surface area contributed by atoms with Crippen LogP contribution in [0.3, 0.4) is 0 Å². The Bertz CT molecular complexity index is 2510. The number of fused-ring (bicyclic) bond motifs is 6. The molecule has 0 N–H and O–H groups in total. The van der Waals surface area contributed by atoms with Gasteiger partial charge in [-0.05, 0) is 120 Å². The third-order valence-corrected chi connectivity index (χ3v) is 12.5. The second-order valence-electron chi connectivity index (χ2n) is 19.2. The number of hydrogen-bond acceptors (Lipinski definition) is 3. The summed E-state index contributed by atoms with van der Waals surface area (Å²) in [6, 6.07) is 38.0. The highest BCUT2D eigenvalue weighted by Crippen LogP contribution is 2.56.